The summed E-state index contributed by atoms with van der Waals surface area (Å²) in [5.74, 6) is -0.278. The van der Waals surface area contributed by atoms with Crippen LogP contribution in [0.2, 0.25) is 5.15 Å². The van der Waals surface area contributed by atoms with Crippen LogP contribution in [0.3, 0.4) is 0 Å². The molecular formula is C12H10BrClFN. The molecule has 2 rings (SSSR count). The Balaban J connectivity index is 2.90. The molecule has 4 heteroatoms. The first-order valence-corrected chi connectivity index (χ1v) is 6.15. The van der Waals surface area contributed by atoms with Gasteiger partial charge in [0.15, 0.2) is 0 Å². The van der Waals surface area contributed by atoms with Crippen LogP contribution in [0.25, 0.3) is 10.9 Å². The standard InChI is InChI=1S/C12H10BrClFN/c1-3-7-5-8-10(15)9(13)4-6(2)11(8)16-12(7)14/h4-5H,3H2,1-2H3. The molecule has 0 unspecified atom stereocenters. The number of pyridine rings is 1. The molecule has 2 aromatic rings. The van der Waals surface area contributed by atoms with E-state index in [0.717, 1.165) is 17.5 Å². The SMILES string of the molecule is CCc1cc2c(F)c(Br)cc(C)c2nc1Cl. The van der Waals surface area contributed by atoms with E-state index in [-0.39, 0.29) is 5.82 Å². The highest BCUT2D eigenvalue weighted by molar-refractivity contribution is 9.10. The van der Waals surface area contributed by atoms with Gasteiger partial charge in [-0.1, -0.05) is 18.5 Å². The summed E-state index contributed by atoms with van der Waals surface area (Å²) in [6.07, 6.45) is 0.743. The van der Waals surface area contributed by atoms with Crippen molar-refractivity contribution in [3.63, 3.8) is 0 Å². The lowest BCUT2D eigenvalue weighted by Crippen LogP contribution is -1.94. The average molecular weight is 303 g/mol. The molecular weight excluding hydrogens is 292 g/mol. The number of aryl methyl sites for hydroxylation is 2. The fourth-order valence-electron chi connectivity index (χ4n) is 1.70. The van der Waals surface area contributed by atoms with Crippen LogP contribution in [0.5, 0.6) is 0 Å². The van der Waals surface area contributed by atoms with E-state index in [2.05, 4.69) is 20.9 Å². The van der Waals surface area contributed by atoms with E-state index in [1.165, 1.54) is 0 Å². The molecule has 0 atom stereocenters. The van der Waals surface area contributed by atoms with Crippen molar-refractivity contribution in [1.82, 2.24) is 4.98 Å². The van der Waals surface area contributed by atoms with Gasteiger partial charge >= 0.3 is 0 Å². The van der Waals surface area contributed by atoms with Crippen molar-refractivity contribution in [2.24, 2.45) is 0 Å². The van der Waals surface area contributed by atoms with Gasteiger partial charge in [0.05, 0.1) is 9.99 Å². The van der Waals surface area contributed by atoms with E-state index in [4.69, 9.17) is 11.6 Å². The molecule has 0 aliphatic carbocycles. The highest BCUT2D eigenvalue weighted by Gasteiger charge is 2.12. The Morgan fingerprint density at radius 3 is 2.75 bits per heavy atom. The maximum atomic E-state index is 13.9. The van der Waals surface area contributed by atoms with Gasteiger partial charge < -0.3 is 0 Å². The number of hydrogen-bond donors (Lipinski definition) is 0. The van der Waals surface area contributed by atoms with Crippen LogP contribution in [0.15, 0.2) is 16.6 Å². The second-order valence-electron chi connectivity index (χ2n) is 3.68. The second-order valence-corrected chi connectivity index (χ2v) is 4.89. The van der Waals surface area contributed by atoms with E-state index >= 15 is 0 Å². The van der Waals surface area contributed by atoms with E-state index in [9.17, 15) is 4.39 Å². The fourth-order valence-corrected chi connectivity index (χ4v) is 2.53. The van der Waals surface area contributed by atoms with Gasteiger partial charge in [-0.25, -0.2) is 9.37 Å². The lowest BCUT2D eigenvalue weighted by Gasteiger charge is -2.08. The third-order valence-electron chi connectivity index (χ3n) is 2.59. The molecule has 1 aromatic carbocycles. The Morgan fingerprint density at radius 1 is 1.44 bits per heavy atom. The van der Waals surface area contributed by atoms with Crippen LogP contribution in [0.4, 0.5) is 4.39 Å². The van der Waals surface area contributed by atoms with Crippen LogP contribution in [-0.4, -0.2) is 4.98 Å². The molecule has 0 radical (unpaired) electrons. The molecule has 0 aliphatic rings. The molecule has 1 nitrogen and oxygen atoms in total. The summed E-state index contributed by atoms with van der Waals surface area (Å²) in [7, 11) is 0. The number of nitrogens with zero attached hydrogens (tertiary/aromatic N) is 1. The van der Waals surface area contributed by atoms with Gasteiger partial charge in [-0.15, -0.1) is 0 Å². The molecule has 0 saturated heterocycles. The highest BCUT2D eigenvalue weighted by Crippen LogP contribution is 2.30. The van der Waals surface area contributed by atoms with Crippen LogP contribution >= 0.6 is 27.5 Å². The number of hydrogen-bond acceptors (Lipinski definition) is 1. The predicted molar refractivity (Wildman–Crippen MR) is 68.5 cm³/mol. The van der Waals surface area contributed by atoms with Crippen molar-refractivity contribution >= 4 is 38.4 Å². The number of halogens is 3. The molecule has 0 saturated carbocycles. The van der Waals surface area contributed by atoms with Gasteiger partial charge in [0, 0.05) is 5.39 Å². The molecule has 0 spiro atoms. The largest absolute Gasteiger partial charge is 0.235 e. The molecule has 84 valence electrons. The Morgan fingerprint density at radius 2 is 2.12 bits per heavy atom. The zero-order valence-electron chi connectivity index (χ0n) is 8.94. The molecule has 0 fully saturated rings. The Hall–Kier alpha value is -0.670. The monoisotopic (exact) mass is 301 g/mol. The summed E-state index contributed by atoms with van der Waals surface area (Å²) in [5, 5.41) is 0.980. The first-order valence-electron chi connectivity index (χ1n) is 4.98. The number of fused-ring (bicyclic) bond motifs is 1. The minimum atomic E-state index is -0.278. The summed E-state index contributed by atoms with van der Waals surface area (Å²) in [5.41, 5.74) is 2.40. The summed E-state index contributed by atoms with van der Waals surface area (Å²) >= 11 is 9.22. The van der Waals surface area contributed by atoms with Crippen molar-refractivity contribution in [3.8, 4) is 0 Å². The molecule has 16 heavy (non-hydrogen) atoms. The fraction of sp³-hybridized carbons (Fsp3) is 0.250. The predicted octanol–water partition coefficient (Wildman–Crippen LogP) is 4.66. The zero-order chi connectivity index (χ0) is 11.9. The highest BCUT2D eigenvalue weighted by atomic mass is 79.9. The van der Waals surface area contributed by atoms with Crippen LogP contribution in [0.1, 0.15) is 18.1 Å². The number of aromatic nitrogens is 1. The van der Waals surface area contributed by atoms with Crippen molar-refractivity contribution in [1.29, 1.82) is 0 Å². The van der Waals surface area contributed by atoms with Crippen molar-refractivity contribution < 1.29 is 4.39 Å². The van der Waals surface area contributed by atoms with E-state index < -0.39 is 0 Å². The first kappa shape index (κ1) is 11.8. The number of rotatable bonds is 1. The summed E-state index contributed by atoms with van der Waals surface area (Å²) in [4.78, 5) is 4.25. The zero-order valence-corrected chi connectivity index (χ0v) is 11.3. The smallest absolute Gasteiger partial charge is 0.146 e. The molecule has 1 aromatic heterocycles. The average Bonchev–Trinajstić information content (AvgIpc) is 2.25. The normalized spacial score (nSPS) is 11.1. The summed E-state index contributed by atoms with van der Waals surface area (Å²) in [6.45, 7) is 3.86. The minimum Gasteiger partial charge on any atom is -0.235 e. The Bertz CT molecular complexity index is 569. The summed E-state index contributed by atoms with van der Waals surface area (Å²) < 4.78 is 14.4. The lowest BCUT2D eigenvalue weighted by molar-refractivity contribution is 0.632. The maximum Gasteiger partial charge on any atom is 0.146 e. The van der Waals surface area contributed by atoms with Crippen LogP contribution < -0.4 is 0 Å². The topological polar surface area (TPSA) is 12.9 Å². The molecule has 0 amide bonds. The molecule has 1 heterocycles. The maximum absolute atomic E-state index is 13.9. The van der Waals surface area contributed by atoms with E-state index in [1.54, 1.807) is 12.1 Å². The van der Waals surface area contributed by atoms with Gasteiger partial charge in [0.2, 0.25) is 0 Å². The Kier molecular flexibility index (Phi) is 3.17. The van der Waals surface area contributed by atoms with Gasteiger partial charge in [-0.3, -0.25) is 0 Å². The Labute approximate surface area is 107 Å². The molecule has 0 bridgehead atoms. The first-order chi connectivity index (χ1) is 7.54. The minimum absolute atomic E-state index is 0.278. The van der Waals surface area contributed by atoms with Crippen molar-refractivity contribution in [2.45, 2.75) is 20.3 Å². The van der Waals surface area contributed by atoms with Crippen LogP contribution in [0, 0.1) is 12.7 Å². The van der Waals surface area contributed by atoms with Gasteiger partial charge in [-0.05, 0) is 52.5 Å². The lowest BCUT2D eigenvalue weighted by atomic mass is 10.1. The third kappa shape index (κ3) is 1.82. The third-order valence-corrected chi connectivity index (χ3v) is 3.50. The van der Waals surface area contributed by atoms with Crippen molar-refractivity contribution in [2.75, 3.05) is 0 Å². The summed E-state index contributed by atoms with van der Waals surface area (Å²) in [6, 6.07) is 3.49. The number of benzene rings is 1. The van der Waals surface area contributed by atoms with E-state index in [0.29, 0.717) is 20.5 Å². The van der Waals surface area contributed by atoms with Gasteiger partial charge in [0.1, 0.15) is 11.0 Å². The second kappa shape index (κ2) is 4.30. The van der Waals surface area contributed by atoms with Crippen molar-refractivity contribution in [3.05, 3.63) is 38.7 Å². The van der Waals surface area contributed by atoms with Crippen LogP contribution in [-0.2, 0) is 6.42 Å². The van der Waals surface area contributed by atoms with E-state index in [1.807, 2.05) is 13.8 Å². The molecule has 0 aliphatic heterocycles. The quantitative estimate of drug-likeness (QED) is 0.698. The van der Waals surface area contributed by atoms with Gasteiger partial charge in [-0.2, -0.15) is 0 Å². The molecule has 0 N–H and O–H groups in total. The van der Waals surface area contributed by atoms with Gasteiger partial charge in [0.25, 0.3) is 0 Å².